The Hall–Kier alpha value is -2.47. The van der Waals surface area contributed by atoms with E-state index in [2.05, 4.69) is 19.9 Å². The fourth-order valence-electron chi connectivity index (χ4n) is 1.79. The third-order valence-electron chi connectivity index (χ3n) is 2.71. The molecule has 6 heteroatoms. The molecule has 0 aliphatic heterocycles. The zero-order valence-corrected chi connectivity index (χ0v) is 9.41. The summed E-state index contributed by atoms with van der Waals surface area (Å²) in [6, 6.07) is 9.25. The molecular formula is C12H11N5O. The van der Waals surface area contributed by atoms with E-state index in [0.29, 0.717) is 22.8 Å². The van der Waals surface area contributed by atoms with Crippen molar-refractivity contribution >= 4 is 17.0 Å². The Morgan fingerprint density at radius 3 is 2.67 bits per heavy atom. The van der Waals surface area contributed by atoms with E-state index in [-0.39, 0.29) is 0 Å². The van der Waals surface area contributed by atoms with Crippen LogP contribution in [0, 0.1) is 0 Å². The highest BCUT2D eigenvalue weighted by molar-refractivity contribution is 5.81. The summed E-state index contributed by atoms with van der Waals surface area (Å²) in [5, 5.41) is 10.2. The lowest BCUT2D eigenvalue weighted by Crippen LogP contribution is -2.01. The van der Waals surface area contributed by atoms with Gasteiger partial charge in [-0.2, -0.15) is 0 Å². The molecule has 90 valence electrons. The maximum absolute atomic E-state index is 10.2. The molecule has 0 aliphatic carbocycles. The molecule has 18 heavy (non-hydrogen) atoms. The molecule has 1 unspecified atom stereocenters. The van der Waals surface area contributed by atoms with E-state index in [1.165, 1.54) is 6.33 Å². The average molecular weight is 241 g/mol. The lowest BCUT2D eigenvalue weighted by molar-refractivity contribution is 0.211. The van der Waals surface area contributed by atoms with Crippen LogP contribution in [0.4, 0.5) is 5.82 Å². The molecule has 0 amide bonds. The Morgan fingerprint density at radius 2 is 1.94 bits per heavy atom. The number of hydrogen-bond donors (Lipinski definition) is 3. The van der Waals surface area contributed by atoms with Crippen molar-refractivity contribution in [2.24, 2.45) is 0 Å². The number of fused-ring (bicyclic) bond motifs is 1. The van der Waals surface area contributed by atoms with Crippen LogP contribution in [0.25, 0.3) is 11.2 Å². The van der Waals surface area contributed by atoms with Crippen molar-refractivity contribution in [3.05, 3.63) is 48.0 Å². The topological polar surface area (TPSA) is 101 Å². The lowest BCUT2D eigenvalue weighted by atomic mass is 10.1. The van der Waals surface area contributed by atoms with Gasteiger partial charge in [0.15, 0.2) is 11.5 Å². The zero-order valence-electron chi connectivity index (χ0n) is 9.41. The minimum absolute atomic E-state index is 0.319. The molecule has 0 aliphatic rings. The first-order valence-electron chi connectivity index (χ1n) is 5.45. The highest BCUT2D eigenvalue weighted by Crippen LogP contribution is 2.22. The molecule has 2 heterocycles. The molecular weight excluding hydrogens is 230 g/mol. The number of nitrogens with zero attached hydrogens (tertiary/aromatic N) is 3. The van der Waals surface area contributed by atoms with Gasteiger partial charge < -0.3 is 15.8 Å². The number of aromatic amines is 1. The number of nitrogen functional groups attached to an aromatic ring is 1. The van der Waals surface area contributed by atoms with Gasteiger partial charge in [-0.25, -0.2) is 15.0 Å². The standard InChI is InChI=1S/C12H11N5O/c13-10-8-11(15-6-14-10)17-12(16-8)9(18)7-4-2-1-3-5-7/h1-6,9,18H,(H3,13,14,15,16,17). The predicted octanol–water partition coefficient (Wildman–Crippen LogP) is 1.02. The molecule has 0 fully saturated rings. The summed E-state index contributed by atoms with van der Waals surface area (Å²) in [5.74, 6) is 0.724. The van der Waals surface area contributed by atoms with Crippen molar-refractivity contribution in [2.75, 3.05) is 5.73 Å². The van der Waals surface area contributed by atoms with E-state index in [4.69, 9.17) is 5.73 Å². The lowest BCUT2D eigenvalue weighted by Gasteiger charge is -2.06. The SMILES string of the molecule is Nc1ncnc2nc(C(O)c3ccccc3)[nH]c12. The molecule has 6 nitrogen and oxygen atoms in total. The van der Waals surface area contributed by atoms with Gasteiger partial charge in [0.05, 0.1) is 0 Å². The van der Waals surface area contributed by atoms with Crippen LogP contribution in [0.15, 0.2) is 36.7 Å². The van der Waals surface area contributed by atoms with Crippen molar-refractivity contribution in [3.63, 3.8) is 0 Å². The quantitative estimate of drug-likeness (QED) is 0.621. The van der Waals surface area contributed by atoms with Crippen molar-refractivity contribution in [1.82, 2.24) is 19.9 Å². The van der Waals surface area contributed by atoms with Gasteiger partial charge in [-0.05, 0) is 5.56 Å². The molecule has 0 bridgehead atoms. The molecule has 0 radical (unpaired) electrons. The van der Waals surface area contributed by atoms with Gasteiger partial charge in [-0.1, -0.05) is 30.3 Å². The van der Waals surface area contributed by atoms with Crippen LogP contribution >= 0.6 is 0 Å². The van der Waals surface area contributed by atoms with Gasteiger partial charge in [0.1, 0.15) is 23.8 Å². The van der Waals surface area contributed by atoms with E-state index >= 15 is 0 Å². The van der Waals surface area contributed by atoms with Gasteiger partial charge in [-0.15, -0.1) is 0 Å². The number of aliphatic hydroxyl groups excluding tert-OH is 1. The molecule has 1 atom stereocenters. The maximum atomic E-state index is 10.2. The van der Waals surface area contributed by atoms with Gasteiger partial charge in [0.2, 0.25) is 0 Å². The Bertz CT molecular complexity index is 679. The molecule has 4 N–H and O–H groups in total. The molecule has 2 aromatic heterocycles. The Labute approximate surface area is 103 Å². The normalized spacial score (nSPS) is 12.7. The van der Waals surface area contributed by atoms with Crippen molar-refractivity contribution in [1.29, 1.82) is 0 Å². The Balaban J connectivity index is 2.07. The van der Waals surface area contributed by atoms with Crippen LogP contribution in [0.1, 0.15) is 17.5 Å². The van der Waals surface area contributed by atoms with E-state index in [0.717, 1.165) is 5.56 Å². The summed E-state index contributed by atoms with van der Waals surface area (Å²) in [6.07, 6.45) is 0.511. The van der Waals surface area contributed by atoms with Crippen LogP contribution in [0.5, 0.6) is 0 Å². The van der Waals surface area contributed by atoms with Gasteiger partial charge in [-0.3, -0.25) is 0 Å². The predicted molar refractivity (Wildman–Crippen MR) is 66.6 cm³/mol. The number of hydrogen-bond acceptors (Lipinski definition) is 5. The van der Waals surface area contributed by atoms with Gasteiger partial charge in [0.25, 0.3) is 0 Å². The highest BCUT2D eigenvalue weighted by Gasteiger charge is 2.16. The molecule has 0 saturated heterocycles. The van der Waals surface area contributed by atoms with Crippen molar-refractivity contribution in [2.45, 2.75) is 6.10 Å². The summed E-state index contributed by atoms with van der Waals surface area (Å²) >= 11 is 0. The molecule has 0 saturated carbocycles. The number of nitrogens with one attached hydrogen (secondary N) is 1. The second-order valence-electron chi connectivity index (χ2n) is 3.89. The first-order chi connectivity index (χ1) is 8.75. The van der Waals surface area contributed by atoms with E-state index in [9.17, 15) is 5.11 Å². The number of aliphatic hydroxyl groups is 1. The van der Waals surface area contributed by atoms with E-state index in [1.54, 1.807) is 0 Å². The minimum atomic E-state index is -0.834. The van der Waals surface area contributed by atoms with Crippen LogP contribution < -0.4 is 5.73 Å². The van der Waals surface area contributed by atoms with Crippen LogP contribution in [-0.4, -0.2) is 25.0 Å². The largest absolute Gasteiger partial charge is 0.382 e. The number of nitrogens with two attached hydrogens (primary N) is 1. The van der Waals surface area contributed by atoms with E-state index < -0.39 is 6.10 Å². The summed E-state index contributed by atoms with van der Waals surface area (Å²) in [5.41, 5.74) is 7.45. The average Bonchev–Trinajstić information content (AvgIpc) is 2.84. The monoisotopic (exact) mass is 241 g/mol. The molecule has 1 aromatic carbocycles. The fourth-order valence-corrected chi connectivity index (χ4v) is 1.79. The number of benzene rings is 1. The number of anilines is 1. The van der Waals surface area contributed by atoms with Crippen LogP contribution in [0.2, 0.25) is 0 Å². The first-order valence-corrected chi connectivity index (χ1v) is 5.45. The van der Waals surface area contributed by atoms with Crippen molar-refractivity contribution < 1.29 is 5.11 Å². The zero-order chi connectivity index (χ0) is 12.5. The third kappa shape index (κ3) is 1.68. The summed E-state index contributed by atoms with van der Waals surface area (Å²) in [4.78, 5) is 15.0. The fraction of sp³-hybridized carbons (Fsp3) is 0.0833. The van der Waals surface area contributed by atoms with Gasteiger partial charge >= 0.3 is 0 Å². The molecule has 3 aromatic rings. The summed E-state index contributed by atoms with van der Waals surface area (Å²) < 4.78 is 0. The third-order valence-corrected chi connectivity index (χ3v) is 2.71. The first kappa shape index (κ1) is 10.7. The number of rotatable bonds is 2. The summed E-state index contributed by atoms with van der Waals surface area (Å²) in [7, 11) is 0. The minimum Gasteiger partial charge on any atom is -0.382 e. The van der Waals surface area contributed by atoms with E-state index in [1.807, 2.05) is 30.3 Å². The summed E-state index contributed by atoms with van der Waals surface area (Å²) in [6.45, 7) is 0. The van der Waals surface area contributed by atoms with Crippen LogP contribution in [-0.2, 0) is 0 Å². The highest BCUT2D eigenvalue weighted by atomic mass is 16.3. The Kier molecular flexibility index (Phi) is 2.42. The maximum Gasteiger partial charge on any atom is 0.183 e. The van der Waals surface area contributed by atoms with Gasteiger partial charge in [0, 0.05) is 0 Å². The second-order valence-corrected chi connectivity index (χ2v) is 3.89. The van der Waals surface area contributed by atoms with Crippen LogP contribution in [0.3, 0.4) is 0 Å². The second kappa shape index (κ2) is 4.08. The smallest absolute Gasteiger partial charge is 0.183 e. The molecule has 0 spiro atoms. The number of aromatic nitrogens is 4. The molecule has 3 rings (SSSR count). The Morgan fingerprint density at radius 1 is 1.17 bits per heavy atom. The number of H-pyrrole nitrogens is 1. The van der Waals surface area contributed by atoms with Crippen molar-refractivity contribution in [3.8, 4) is 0 Å². The number of imidazole rings is 1.